The van der Waals surface area contributed by atoms with Crippen molar-refractivity contribution in [2.75, 3.05) is 11.9 Å². The Labute approximate surface area is 127 Å². The molecule has 1 amide bonds. The Kier molecular flexibility index (Phi) is 5.19. The number of hydrogen-bond donors (Lipinski definition) is 1. The van der Waals surface area contributed by atoms with Crippen LogP contribution in [0.5, 0.6) is 5.75 Å². The van der Waals surface area contributed by atoms with Crippen LogP contribution in [0.4, 0.5) is 5.69 Å². The quantitative estimate of drug-likeness (QED) is 0.917. The van der Waals surface area contributed by atoms with Crippen molar-refractivity contribution in [1.82, 2.24) is 0 Å². The molecular formula is C16H13ClN2O2. The molecule has 0 saturated carbocycles. The Morgan fingerprint density at radius 3 is 2.81 bits per heavy atom. The van der Waals surface area contributed by atoms with E-state index in [0.717, 1.165) is 0 Å². The largest absolute Gasteiger partial charge is 0.493 e. The maximum atomic E-state index is 11.8. The molecule has 0 unspecified atom stereocenters. The summed E-state index contributed by atoms with van der Waals surface area (Å²) in [5.74, 6) is 0.410. The lowest BCUT2D eigenvalue weighted by Crippen LogP contribution is -2.15. The molecule has 2 aromatic carbocycles. The van der Waals surface area contributed by atoms with Crippen LogP contribution in [0.3, 0.4) is 0 Å². The summed E-state index contributed by atoms with van der Waals surface area (Å²) in [5, 5.41) is 12.2. The predicted octanol–water partition coefficient (Wildman–Crippen LogP) is 3.62. The Balaban J connectivity index is 1.84. The number of anilines is 1. The predicted molar refractivity (Wildman–Crippen MR) is 81.4 cm³/mol. The molecule has 106 valence electrons. The monoisotopic (exact) mass is 300 g/mol. The first-order valence-corrected chi connectivity index (χ1v) is 6.74. The van der Waals surface area contributed by atoms with Crippen LogP contribution in [0.25, 0.3) is 0 Å². The van der Waals surface area contributed by atoms with Gasteiger partial charge in [-0.2, -0.15) is 5.26 Å². The maximum absolute atomic E-state index is 11.8. The van der Waals surface area contributed by atoms with Crippen molar-refractivity contribution in [3.63, 3.8) is 0 Å². The Hall–Kier alpha value is -2.51. The highest BCUT2D eigenvalue weighted by atomic mass is 35.5. The van der Waals surface area contributed by atoms with E-state index < -0.39 is 0 Å². The van der Waals surface area contributed by atoms with Gasteiger partial charge in [0, 0.05) is 5.02 Å². The highest BCUT2D eigenvalue weighted by Crippen LogP contribution is 2.17. The van der Waals surface area contributed by atoms with E-state index in [-0.39, 0.29) is 18.9 Å². The van der Waals surface area contributed by atoms with Crippen LogP contribution in [0.15, 0.2) is 48.5 Å². The van der Waals surface area contributed by atoms with E-state index in [9.17, 15) is 4.79 Å². The fourth-order valence-electron chi connectivity index (χ4n) is 1.72. The minimum atomic E-state index is -0.209. The minimum Gasteiger partial charge on any atom is -0.493 e. The van der Waals surface area contributed by atoms with E-state index in [1.165, 1.54) is 0 Å². The summed E-state index contributed by atoms with van der Waals surface area (Å²) in [6, 6.07) is 15.9. The van der Waals surface area contributed by atoms with Gasteiger partial charge in [-0.1, -0.05) is 29.8 Å². The normalized spacial score (nSPS) is 9.71. The molecule has 0 aliphatic carbocycles. The number of nitrogens with zero attached hydrogens (tertiary/aromatic N) is 1. The van der Waals surface area contributed by atoms with Crippen LogP contribution >= 0.6 is 11.6 Å². The smallest absolute Gasteiger partial charge is 0.227 e. The van der Waals surface area contributed by atoms with Gasteiger partial charge in [0.25, 0.3) is 0 Å². The summed E-state index contributed by atoms with van der Waals surface area (Å²) in [4.78, 5) is 11.8. The molecule has 0 aliphatic rings. The number of para-hydroxylation sites is 1. The van der Waals surface area contributed by atoms with Crippen LogP contribution < -0.4 is 10.1 Å². The van der Waals surface area contributed by atoms with Crippen molar-refractivity contribution in [3.8, 4) is 11.8 Å². The van der Waals surface area contributed by atoms with Gasteiger partial charge in [0.2, 0.25) is 5.91 Å². The molecule has 4 nitrogen and oxygen atoms in total. The van der Waals surface area contributed by atoms with Crippen LogP contribution in [-0.2, 0) is 4.79 Å². The molecule has 2 rings (SSSR count). The molecule has 5 heteroatoms. The third-order valence-corrected chi connectivity index (χ3v) is 2.95. The molecule has 1 N–H and O–H groups in total. The van der Waals surface area contributed by atoms with Crippen molar-refractivity contribution >= 4 is 23.2 Å². The molecule has 0 bridgehead atoms. The second-order valence-electron chi connectivity index (χ2n) is 4.26. The van der Waals surface area contributed by atoms with Crippen LogP contribution in [-0.4, -0.2) is 12.5 Å². The average Bonchev–Trinajstić information content (AvgIpc) is 2.48. The van der Waals surface area contributed by atoms with Gasteiger partial charge < -0.3 is 10.1 Å². The van der Waals surface area contributed by atoms with Gasteiger partial charge in [0.1, 0.15) is 11.8 Å². The average molecular weight is 301 g/mol. The highest BCUT2D eigenvalue weighted by molar-refractivity contribution is 6.30. The zero-order valence-electron chi connectivity index (χ0n) is 11.2. The lowest BCUT2D eigenvalue weighted by Gasteiger charge is -2.08. The first-order chi connectivity index (χ1) is 10.2. The first-order valence-electron chi connectivity index (χ1n) is 6.36. The van der Waals surface area contributed by atoms with E-state index in [1.807, 2.05) is 6.07 Å². The highest BCUT2D eigenvalue weighted by Gasteiger charge is 2.06. The molecular weight excluding hydrogens is 288 g/mol. The van der Waals surface area contributed by atoms with Crippen LogP contribution in [0.1, 0.15) is 12.0 Å². The number of halogens is 1. The van der Waals surface area contributed by atoms with Gasteiger partial charge in [-0.25, -0.2) is 0 Å². The fourth-order valence-corrected chi connectivity index (χ4v) is 1.90. The standard InChI is InChI=1S/C16H13ClN2O2/c17-13-5-3-6-14(10-13)21-9-8-16(20)19-15-7-2-1-4-12(15)11-18/h1-7,10H,8-9H2,(H,19,20). The van der Waals surface area contributed by atoms with Gasteiger partial charge in [0.05, 0.1) is 24.3 Å². The number of hydrogen-bond acceptors (Lipinski definition) is 3. The molecule has 21 heavy (non-hydrogen) atoms. The number of ether oxygens (including phenoxy) is 1. The number of carbonyl (C=O) groups excluding carboxylic acids is 1. The van der Waals surface area contributed by atoms with Gasteiger partial charge >= 0.3 is 0 Å². The van der Waals surface area contributed by atoms with Gasteiger partial charge in [-0.3, -0.25) is 4.79 Å². The topological polar surface area (TPSA) is 62.1 Å². The number of carbonyl (C=O) groups is 1. The molecule has 0 fully saturated rings. The summed E-state index contributed by atoms with van der Waals surface area (Å²) in [5.41, 5.74) is 0.939. The minimum absolute atomic E-state index is 0.187. The molecule has 0 aromatic heterocycles. The number of benzene rings is 2. The fraction of sp³-hybridized carbons (Fsp3) is 0.125. The SMILES string of the molecule is N#Cc1ccccc1NC(=O)CCOc1cccc(Cl)c1. The maximum Gasteiger partial charge on any atom is 0.227 e. The molecule has 0 aliphatic heterocycles. The summed E-state index contributed by atoms with van der Waals surface area (Å²) < 4.78 is 5.44. The zero-order chi connectivity index (χ0) is 15.1. The van der Waals surface area contributed by atoms with Crippen LogP contribution in [0, 0.1) is 11.3 Å². The van der Waals surface area contributed by atoms with Gasteiger partial charge in [-0.15, -0.1) is 0 Å². The van der Waals surface area contributed by atoms with Crippen molar-refractivity contribution in [3.05, 3.63) is 59.1 Å². The molecule has 0 radical (unpaired) electrons. The van der Waals surface area contributed by atoms with E-state index >= 15 is 0 Å². The van der Waals surface area contributed by atoms with Gasteiger partial charge in [-0.05, 0) is 30.3 Å². The first kappa shape index (κ1) is 14.9. The molecule has 0 heterocycles. The number of nitriles is 1. The Bertz CT molecular complexity index is 680. The number of amides is 1. The van der Waals surface area contributed by atoms with Gasteiger partial charge in [0.15, 0.2) is 0 Å². The van der Waals surface area contributed by atoms with E-state index in [4.69, 9.17) is 21.6 Å². The van der Waals surface area contributed by atoms with E-state index in [0.29, 0.717) is 22.0 Å². The van der Waals surface area contributed by atoms with Crippen molar-refractivity contribution < 1.29 is 9.53 Å². The summed E-state index contributed by atoms with van der Waals surface area (Å²) in [6.07, 6.45) is 0.187. The summed E-state index contributed by atoms with van der Waals surface area (Å²) in [6.45, 7) is 0.237. The lowest BCUT2D eigenvalue weighted by atomic mass is 10.2. The Morgan fingerprint density at radius 1 is 1.24 bits per heavy atom. The van der Waals surface area contributed by atoms with E-state index in [1.54, 1.807) is 48.5 Å². The lowest BCUT2D eigenvalue weighted by molar-refractivity contribution is -0.116. The second kappa shape index (κ2) is 7.32. The van der Waals surface area contributed by atoms with Crippen molar-refractivity contribution in [2.45, 2.75) is 6.42 Å². The third-order valence-electron chi connectivity index (χ3n) is 2.72. The molecule has 0 atom stereocenters. The second-order valence-corrected chi connectivity index (χ2v) is 4.70. The van der Waals surface area contributed by atoms with Crippen LogP contribution in [0.2, 0.25) is 5.02 Å². The molecule has 0 spiro atoms. The summed E-state index contributed by atoms with van der Waals surface area (Å²) >= 11 is 5.84. The number of nitrogens with one attached hydrogen (secondary N) is 1. The van der Waals surface area contributed by atoms with Crippen molar-refractivity contribution in [1.29, 1.82) is 5.26 Å². The third kappa shape index (κ3) is 4.51. The molecule has 0 saturated heterocycles. The number of rotatable bonds is 5. The molecule has 2 aromatic rings. The summed E-state index contributed by atoms with van der Waals surface area (Å²) in [7, 11) is 0. The van der Waals surface area contributed by atoms with E-state index in [2.05, 4.69) is 5.32 Å². The Morgan fingerprint density at radius 2 is 2.05 bits per heavy atom. The zero-order valence-corrected chi connectivity index (χ0v) is 11.9. The van der Waals surface area contributed by atoms with Crippen molar-refractivity contribution in [2.24, 2.45) is 0 Å².